The van der Waals surface area contributed by atoms with Gasteiger partial charge in [0.05, 0.1) is 11.6 Å². The van der Waals surface area contributed by atoms with E-state index in [0.29, 0.717) is 17.6 Å². The summed E-state index contributed by atoms with van der Waals surface area (Å²) in [5.41, 5.74) is 1.23. The van der Waals surface area contributed by atoms with Crippen LogP contribution >= 0.6 is 15.9 Å². The normalized spacial score (nSPS) is 21.6. The molecule has 1 unspecified atom stereocenters. The molecule has 20 heavy (non-hydrogen) atoms. The van der Waals surface area contributed by atoms with Crippen LogP contribution in [-0.4, -0.2) is 54.2 Å². The average molecular weight is 340 g/mol. The number of rotatable bonds is 2. The minimum absolute atomic E-state index is 0.0112. The van der Waals surface area contributed by atoms with Crippen molar-refractivity contribution in [3.05, 3.63) is 28.2 Å². The number of fused-ring (bicyclic) bond motifs is 1. The van der Waals surface area contributed by atoms with Crippen LogP contribution in [-0.2, 0) is 0 Å². The number of anilines is 1. The van der Waals surface area contributed by atoms with Crippen LogP contribution in [0.1, 0.15) is 10.4 Å². The summed E-state index contributed by atoms with van der Waals surface area (Å²) in [5, 5.41) is 11.9. The number of piperazine rings is 1. The molecule has 1 aromatic rings. The SMILES string of the molecule is O=C(O)c1ccc(N2CCN3C(=O)NCC3C2)cc1Br. The number of carboxylic acids is 1. The molecule has 0 aromatic heterocycles. The Kier molecular flexibility index (Phi) is 3.29. The number of urea groups is 1. The van der Waals surface area contributed by atoms with Crippen LogP contribution in [0.5, 0.6) is 0 Å². The summed E-state index contributed by atoms with van der Waals surface area (Å²) in [6, 6.07) is 5.44. The average Bonchev–Trinajstić information content (AvgIpc) is 2.79. The Labute approximate surface area is 124 Å². The fourth-order valence-electron chi connectivity index (χ4n) is 2.71. The number of nitrogens with zero attached hydrogens (tertiary/aromatic N) is 2. The number of carbonyl (C=O) groups is 2. The lowest BCUT2D eigenvalue weighted by molar-refractivity contribution is 0.0696. The molecule has 0 saturated carbocycles. The van der Waals surface area contributed by atoms with E-state index >= 15 is 0 Å². The first-order chi connectivity index (χ1) is 9.56. The van der Waals surface area contributed by atoms with Crippen LogP contribution in [0.4, 0.5) is 10.5 Å². The molecule has 2 aliphatic rings. The number of carboxylic acid groups (broad SMARTS) is 1. The van der Waals surface area contributed by atoms with E-state index in [9.17, 15) is 9.59 Å². The molecular weight excluding hydrogens is 326 g/mol. The van der Waals surface area contributed by atoms with Gasteiger partial charge in [-0.3, -0.25) is 0 Å². The molecular formula is C13H14BrN3O3. The van der Waals surface area contributed by atoms with Crippen molar-refractivity contribution in [3.63, 3.8) is 0 Å². The van der Waals surface area contributed by atoms with E-state index in [1.165, 1.54) is 0 Å². The van der Waals surface area contributed by atoms with Gasteiger partial charge in [0.25, 0.3) is 0 Å². The van der Waals surface area contributed by atoms with E-state index in [0.717, 1.165) is 18.8 Å². The number of benzene rings is 1. The molecule has 2 N–H and O–H groups in total. The molecule has 1 atom stereocenters. The molecule has 2 amide bonds. The van der Waals surface area contributed by atoms with Crippen LogP contribution < -0.4 is 10.2 Å². The standard InChI is InChI=1S/C13H14BrN3O3/c14-11-5-8(1-2-10(11)12(18)19)16-3-4-17-9(7-16)6-15-13(17)20/h1-2,5,9H,3-4,6-7H2,(H,15,20)(H,18,19). The van der Waals surface area contributed by atoms with Crippen LogP contribution in [0.25, 0.3) is 0 Å². The van der Waals surface area contributed by atoms with Gasteiger partial charge in [0.15, 0.2) is 0 Å². The molecule has 7 heteroatoms. The molecule has 0 radical (unpaired) electrons. The van der Waals surface area contributed by atoms with Gasteiger partial charge in [-0.15, -0.1) is 0 Å². The van der Waals surface area contributed by atoms with Gasteiger partial charge >= 0.3 is 12.0 Å². The smallest absolute Gasteiger partial charge is 0.336 e. The lowest BCUT2D eigenvalue weighted by Gasteiger charge is -2.37. The number of amides is 2. The van der Waals surface area contributed by atoms with E-state index in [1.54, 1.807) is 6.07 Å². The Morgan fingerprint density at radius 2 is 2.20 bits per heavy atom. The minimum Gasteiger partial charge on any atom is -0.478 e. The molecule has 2 fully saturated rings. The third-order valence-corrected chi connectivity index (χ3v) is 4.44. The topological polar surface area (TPSA) is 72.9 Å². The highest BCUT2D eigenvalue weighted by atomic mass is 79.9. The van der Waals surface area contributed by atoms with Gasteiger partial charge in [-0.05, 0) is 34.1 Å². The summed E-state index contributed by atoms with van der Waals surface area (Å²) < 4.78 is 0.575. The Morgan fingerprint density at radius 1 is 1.40 bits per heavy atom. The molecule has 0 spiro atoms. The third kappa shape index (κ3) is 2.22. The molecule has 6 nitrogen and oxygen atoms in total. The zero-order valence-electron chi connectivity index (χ0n) is 10.7. The zero-order chi connectivity index (χ0) is 14.3. The van der Waals surface area contributed by atoms with Crippen molar-refractivity contribution in [2.75, 3.05) is 31.1 Å². The molecule has 106 valence electrons. The lowest BCUT2D eigenvalue weighted by atomic mass is 10.1. The lowest BCUT2D eigenvalue weighted by Crippen LogP contribution is -2.52. The Morgan fingerprint density at radius 3 is 2.90 bits per heavy atom. The molecule has 0 aliphatic carbocycles. The van der Waals surface area contributed by atoms with Crippen LogP contribution in [0.15, 0.2) is 22.7 Å². The van der Waals surface area contributed by atoms with E-state index < -0.39 is 5.97 Å². The van der Waals surface area contributed by atoms with Gasteiger partial charge in [0.2, 0.25) is 0 Å². The van der Waals surface area contributed by atoms with Crippen molar-refractivity contribution in [1.29, 1.82) is 0 Å². The number of hydrogen-bond donors (Lipinski definition) is 2. The van der Waals surface area contributed by atoms with Crippen molar-refractivity contribution >= 4 is 33.6 Å². The summed E-state index contributed by atoms with van der Waals surface area (Å²) in [7, 11) is 0. The first-order valence-corrected chi connectivity index (χ1v) is 7.18. The molecule has 0 bridgehead atoms. The van der Waals surface area contributed by atoms with E-state index in [1.807, 2.05) is 17.0 Å². The maximum absolute atomic E-state index is 11.5. The number of carbonyl (C=O) groups excluding carboxylic acids is 1. The number of hydrogen-bond acceptors (Lipinski definition) is 3. The molecule has 2 heterocycles. The van der Waals surface area contributed by atoms with E-state index in [4.69, 9.17) is 5.11 Å². The number of aromatic carboxylic acids is 1. The summed E-state index contributed by atoms with van der Waals surface area (Å²) in [6.07, 6.45) is 0. The van der Waals surface area contributed by atoms with Gasteiger partial charge in [0.1, 0.15) is 0 Å². The predicted octanol–water partition coefficient (Wildman–Crippen LogP) is 1.36. The zero-order valence-corrected chi connectivity index (χ0v) is 12.3. The highest BCUT2D eigenvalue weighted by Gasteiger charge is 2.35. The van der Waals surface area contributed by atoms with Crippen molar-refractivity contribution in [2.45, 2.75) is 6.04 Å². The number of halogens is 1. The van der Waals surface area contributed by atoms with Gasteiger partial charge in [-0.2, -0.15) is 0 Å². The quantitative estimate of drug-likeness (QED) is 0.853. The van der Waals surface area contributed by atoms with Gasteiger partial charge in [0, 0.05) is 36.3 Å². The first kappa shape index (κ1) is 13.2. The third-order valence-electron chi connectivity index (χ3n) is 3.78. The summed E-state index contributed by atoms with van der Waals surface area (Å²) in [6.45, 7) is 2.87. The van der Waals surface area contributed by atoms with Crippen molar-refractivity contribution in [3.8, 4) is 0 Å². The molecule has 1 aromatic carbocycles. The van der Waals surface area contributed by atoms with Crippen molar-refractivity contribution in [1.82, 2.24) is 10.2 Å². The van der Waals surface area contributed by atoms with E-state index in [-0.39, 0.29) is 17.6 Å². The second kappa shape index (κ2) is 4.97. The number of nitrogens with one attached hydrogen (secondary N) is 1. The minimum atomic E-state index is -0.946. The maximum Gasteiger partial charge on any atom is 0.336 e. The van der Waals surface area contributed by atoms with Gasteiger partial charge < -0.3 is 20.2 Å². The molecule has 2 saturated heterocycles. The summed E-state index contributed by atoms with van der Waals surface area (Å²) in [4.78, 5) is 26.6. The highest BCUT2D eigenvalue weighted by Crippen LogP contribution is 2.26. The van der Waals surface area contributed by atoms with Gasteiger partial charge in [-0.1, -0.05) is 0 Å². The molecule has 2 aliphatic heterocycles. The maximum atomic E-state index is 11.5. The Balaban J connectivity index is 1.79. The van der Waals surface area contributed by atoms with E-state index in [2.05, 4.69) is 26.1 Å². The molecule has 3 rings (SSSR count). The first-order valence-electron chi connectivity index (χ1n) is 6.38. The van der Waals surface area contributed by atoms with Crippen LogP contribution in [0.3, 0.4) is 0 Å². The Hall–Kier alpha value is -1.76. The highest BCUT2D eigenvalue weighted by molar-refractivity contribution is 9.10. The monoisotopic (exact) mass is 339 g/mol. The fourth-order valence-corrected chi connectivity index (χ4v) is 3.25. The van der Waals surface area contributed by atoms with Gasteiger partial charge in [-0.25, -0.2) is 9.59 Å². The van der Waals surface area contributed by atoms with Crippen LogP contribution in [0.2, 0.25) is 0 Å². The van der Waals surface area contributed by atoms with Crippen molar-refractivity contribution < 1.29 is 14.7 Å². The summed E-state index contributed by atoms with van der Waals surface area (Å²) >= 11 is 3.30. The second-order valence-corrected chi connectivity index (χ2v) is 5.80. The second-order valence-electron chi connectivity index (χ2n) is 4.95. The van der Waals surface area contributed by atoms with Crippen LogP contribution in [0, 0.1) is 0 Å². The Bertz CT molecular complexity index is 578. The largest absolute Gasteiger partial charge is 0.478 e. The fraction of sp³-hybridized carbons (Fsp3) is 0.385. The summed E-state index contributed by atoms with van der Waals surface area (Å²) in [5.74, 6) is -0.946. The van der Waals surface area contributed by atoms with Crippen molar-refractivity contribution in [2.24, 2.45) is 0 Å². The predicted molar refractivity (Wildman–Crippen MR) is 77.2 cm³/mol.